The Morgan fingerprint density at radius 3 is 2.80 bits per heavy atom. The van der Waals surface area contributed by atoms with Gasteiger partial charge in [-0.25, -0.2) is 0 Å². The van der Waals surface area contributed by atoms with Gasteiger partial charge in [-0.2, -0.15) is 11.3 Å². The summed E-state index contributed by atoms with van der Waals surface area (Å²) in [6, 6.07) is 1.87. The van der Waals surface area contributed by atoms with Gasteiger partial charge in [0.15, 0.2) is 0 Å². The number of nitrogens with zero attached hydrogens (tertiary/aromatic N) is 2. The summed E-state index contributed by atoms with van der Waals surface area (Å²) < 4.78 is 5.21. The zero-order chi connectivity index (χ0) is 14.4. The number of piperazine rings is 1. The highest BCUT2D eigenvalue weighted by molar-refractivity contribution is 7.08. The summed E-state index contributed by atoms with van der Waals surface area (Å²) in [6.07, 6.45) is -0.450. The van der Waals surface area contributed by atoms with Gasteiger partial charge in [0.25, 0.3) is 5.91 Å². The molecule has 0 aliphatic carbocycles. The average molecular weight is 298 g/mol. The number of amides is 1. The fourth-order valence-corrected chi connectivity index (χ4v) is 2.94. The minimum Gasteiger partial charge on any atom is -0.389 e. The van der Waals surface area contributed by atoms with Gasteiger partial charge in [-0.15, -0.1) is 0 Å². The van der Waals surface area contributed by atoms with Gasteiger partial charge in [0.1, 0.15) is 0 Å². The number of carbonyl (C=O) groups excluding carboxylic acids is 1. The number of thiophene rings is 1. The molecule has 20 heavy (non-hydrogen) atoms. The zero-order valence-corrected chi connectivity index (χ0v) is 12.6. The van der Waals surface area contributed by atoms with Crippen LogP contribution in [-0.4, -0.2) is 72.9 Å². The Kier molecular flexibility index (Phi) is 5.97. The number of aliphatic hydroxyl groups is 1. The van der Waals surface area contributed by atoms with Gasteiger partial charge in [-0.1, -0.05) is 0 Å². The van der Waals surface area contributed by atoms with Crippen LogP contribution in [0.25, 0.3) is 0 Å². The molecule has 0 unspecified atom stereocenters. The molecule has 1 aromatic heterocycles. The first-order valence-corrected chi connectivity index (χ1v) is 7.94. The van der Waals surface area contributed by atoms with Crippen molar-refractivity contribution in [2.45, 2.75) is 13.0 Å². The molecule has 5 nitrogen and oxygen atoms in total. The molecular weight excluding hydrogens is 276 g/mol. The number of ether oxygens (including phenoxy) is 1. The maximum Gasteiger partial charge on any atom is 0.254 e. The molecule has 6 heteroatoms. The highest BCUT2D eigenvalue weighted by atomic mass is 32.1. The highest BCUT2D eigenvalue weighted by Gasteiger charge is 2.23. The predicted octanol–water partition coefficient (Wildman–Crippen LogP) is 0.903. The van der Waals surface area contributed by atoms with Gasteiger partial charge in [0.05, 0.1) is 18.3 Å². The molecular formula is C14H22N2O3S. The van der Waals surface area contributed by atoms with E-state index in [9.17, 15) is 9.90 Å². The van der Waals surface area contributed by atoms with Crippen molar-refractivity contribution >= 4 is 17.2 Å². The second-order valence-electron chi connectivity index (χ2n) is 4.92. The Morgan fingerprint density at radius 1 is 1.45 bits per heavy atom. The first-order valence-electron chi connectivity index (χ1n) is 7.00. The first kappa shape index (κ1) is 15.4. The Labute approximate surface area is 123 Å². The summed E-state index contributed by atoms with van der Waals surface area (Å²) >= 11 is 1.54. The number of hydrogen-bond acceptors (Lipinski definition) is 5. The number of rotatable bonds is 6. The predicted molar refractivity (Wildman–Crippen MR) is 79.2 cm³/mol. The van der Waals surface area contributed by atoms with Crippen molar-refractivity contribution in [3.05, 3.63) is 22.4 Å². The van der Waals surface area contributed by atoms with E-state index in [-0.39, 0.29) is 5.91 Å². The highest BCUT2D eigenvalue weighted by Crippen LogP contribution is 2.12. The SMILES string of the molecule is CCOC[C@H](O)CN1CCN(C(=O)c2ccsc2)CC1. The molecule has 1 saturated heterocycles. The second-order valence-corrected chi connectivity index (χ2v) is 5.70. The van der Waals surface area contributed by atoms with Crippen LogP contribution < -0.4 is 0 Å². The third-order valence-corrected chi connectivity index (χ3v) is 4.09. The topological polar surface area (TPSA) is 53.0 Å². The molecule has 1 aromatic rings. The van der Waals surface area contributed by atoms with Crippen LogP contribution in [-0.2, 0) is 4.74 Å². The summed E-state index contributed by atoms with van der Waals surface area (Å²) in [5, 5.41) is 13.6. The molecule has 1 amide bonds. The van der Waals surface area contributed by atoms with E-state index in [0.29, 0.717) is 19.8 Å². The van der Waals surface area contributed by atoms with Crippen molar-refractivity contribution in [1.82, 2.24) is 9.80 Å². The fraction of sp³-hybridized carbons (Fsp3) is 0.643. The van der Waals surface area contributed by atoms with E-state index in [1.165, 1.54) is 0 Å². The Balaban J connectivity index is 1.73. The maximum absolute atomic E-state index is 12.2. The standard InChI is InChI=1S/C14H22N2O3S/c1-2-19-10-13(17)9-15-4-6-16(7-5-15)14(18)12-3-8-20-11-12/h3,8,11,13,17H,2,4-7,9-10H2,1H3/t13-/m1/s1. The van der Waals surface area contributed by atoms with Crippen LogP contribution in [0, 0.1) is 0 Å². The molecule has 1 aliphatic heterocycles. The molecule has 112 valence electrons. The van der Waals surface area contributed by atoms with E-state index < -0.39 is 6.10 Å². The van der Waals surface area contributed by atoms with E-state index >= 15 is 0 Å². The summed E-state index contributed by atoms with van der Waals surface area (Å²) in [5.74, 6) is 0.112. The van der Waals surface area contributed by atoms with Crippen molar-refractivity contribution in [2.24, 2.45) is 0 Å². The van der Waals surface area contributed by atoms with Crippen LogP contribution in [0.1, 0.15) is 17.3 Å². The molecule has 1 aliphatic rings. The Morgan fingerprint density at radius 2 is 2.20 bits per heavy atom. The molecule has 1 N–H and O–H groups in total. The lowest BCUT2D eigenvalue weighted by molar-refractivity contribution is 0.0111. The smallest absolute Gasteiger partial charge is 0.254 e. The average Bonchev–Trinajstić information content (AvgIpc) is 2.99. The number of carbonyl (C=O) groups is 1. The molecule has 1 atom stereocenters. The Bertz CT molecular complexity index is 403. The van der Waals surface area contributed by atoms with Crippen LogP contribution in [0.15, 0.2) is 16.8 Å². The van der Waals surface area contributed by atoms with Gasteiger partial charge in [0.2, 0.25) is 0 Å². The minimum atomic E-state index is -0.450. The third kappa shape index (κ3) is 4.28. The second kappa shape index (κ2) is 7.73. The maximum atomic E-state index is 12.2. The van der Waals surface area contributed by atoms with Gasteiger partial charge in [-0.3, -0.25) is 9.69 Å². The van der Waals surface area contributed by atoms with Crippen molar-refractivity contribution in [3.63, 3.8) is 0 Å². The normalized spacial score (nSPS) is 18.2. The number of aliphatic hydroxyl groups excluding tert-OH is 1. The summed E-state index contributed by atoms with van der Waals surface area (Å²) in [5.41, 5.74) is 0.778. The van der Waals surface area contributed by atoms with Crippen molar-refractivity contribution < 1.29 is 14.6 Å². The Hall–Kier alpha value is -0.950. The van der Waals surface area contributed by atoms with Crippen LogP contribution in [0.3, 0.4) is 0 Å². The molecule has 0 radical (unpaired) electrons. The monoisotopic (exact) mass is 298 g/mol. The largest absolute Gasteiger partial charge is 0.389 e. The minimum absolute atomic E-state index is 0.112. The van der Waals surface area contributed by atoms with Crippen molar-refractivity contribution in [1.29, 1.82) is 0 Å². The van der Waals surface area contributed by atoms with E-state index in [1.54, 1.807) is 11.3 Å². The summed E-state index contributed by atoms with van der Waals surface area (Å²) in [6.45, 7) is 6.58. The first-order chi connectivity index (χ1) is 9.70. The number of β-amino-alcohol motifs (C(OH)–C–C–N with tert-alkyl or cyclic N) is 1. The van der Waals surface area contributed by atoms with E-state index in [2.05, 4.69) is 4.90 Å². The lowest BCUT2D eigenvalue weighted by atomic mass is 10.2. The van der Waals surface area contributed by atoms with Gasteiger partial charge in [-0.05, 0) is 18.4 Å². The summed E-state index contributed by atoms with van der Waals surface area (Å²) in [4.78, 5) is 16.2. The zero-order valence-electron chi connectivity index (χ0n) is 11.8. The molecule has 0 saturated carbocycles. The molecule has 2 rings (SSSR count). The van der Waals surface area contributed by atoms with Crippen LogP contribution in [0.2, 0.25) is 0 Å². The summed E-state index contributed by atoms with van der Waals surface area (Å²) in [7, 11) is 0. The quantitative estimate of drug-likeness (QED) is 0.848. The van der Waals surface area contributed by atoms with E-state index in [1.807, 2.05) is 28.7 Å². The van der Waals surface area contributed by atoms with Crippen molar-refractivity contribution in [2.75, 3.05) is 45.9 Å². The molecule has 1 fully saturated rings. The van der Waals surface area contributed by atoms with Crippen LogP contribution in [0.5, 0.6) is 0 Å². The number of hydrogen-bond donors (Lipinski definition) is 1. The van der Waals surface area contributed by atoms with Crippen molar-refractivity contribution in [3.8, 4) is 0 Å². The van der Waals surface area contributed by atoms with Gasteiger partial charge < -0.3 is 14.7 Å². The molecule has 2 heterocycles. The molecule has 0 spiro atoms. The van der Waals surface area contributed by atoms with Gasteiger partial charge >= 0.3 is 0 Å². The van der Waals surface area contributed by atoms with Gasteiger partial charge in [0, 0.05) is 44.7 Å². The molecule has 0 aromatic carbocycles. The van der Waals surface area contributed by atoms with E-state index in [4.69, 9.17) is 4.74 Å². The lowest BCUT2D eigenvalue weighted by Gasteiger charge is -2.35. The van der Waals surface area contributed by atoms with E-state index in [0.717, 1.165) is 31.7 Å². The van der Waals surface area contributed by atoms with Crippen LogP contribution in [0.4, 0.5) is 0 Å². The lowest BCUT2D eigenvalue weighted by Crippen LogP contribution is -2.50. The van der Waals surface area contributed by atoms with Crippen LogP contribution >= 0.6 is 11.3 Å². The fourth-order valence-electron chi connectivity index (χ4n) is 2.31. The molecule has 0 bridgehead atoms. The third-order valence-electron chi connectivity index (χ3n) is 3.41.